The molecule has 0 aliphatic heterocycles. The van der Waals surface area contributed by atoms with Crippen LogP contribution in [0.5, 0.6) is 5.75 Å². The molecule has 2 aromatic rings. The summed E-state index contributed by atoms with van der Waals surface area (Å²) in [6.07, 6.45) is 0.899. The van der Waals surface area contributed by atoms with Crippen LogP contribution in [-0.2, 0) is 26.0 Å². The fraction of sp³-hybridized carbons (Fsp3) is 0.435. The summed E-state index contributed by atoms with van der Waals surface area (Å²) in [7, 11) is -3.91. The van der Waals surface area contributed by atoms with Crippen molar-refractivity contribution in [2.75, 3.05) is 26.4 Å². The number of hydrogen-bond donors (Lipinski definition) is 2. The van der Waals surface area contributed by atoms with Gasteiger partial charge in [-0.1, -0.05) is 30.3 Å². The number of carbonyl (C=O) groups excluding carboxylic acids is 1. The van der Waals surface area contributed by atoms with E-state index in [9.17, 15) is 13.2 Å². The van der Waals surface area contributed by atoms with Crippen LogP contribution in [0, 0.1) is 6.92 Å². The normalized spacial score (nSPS) is 12.4. The van der Waals surface area contributed by atoms with E-state index in [2.05, 4.69) is 10.0 Å². The standard InChI is InChI=1S/C23H32N2O5S/c1-4-29-15-9-14-24-23(26)21(17-19-10-7-6-8-11-19)25-31(27,28)20-12-13-22(30-5-2)18(3)16-20/h6-8,10-13,16,21,25H,4-5,9,14-15,17H2,1-3H3,(H,24,26)/t21-/m1/s1. The second-order valence-corrected chi connectivity index (χ2v) is 8.78. The molecule has 0 fully saturated rings. The summed E-state index contributed by atoms with van der Waals surface area (Å²) in [5.41, 5.74) is 1.58. The van der Waals surface area contributed by atoms with Crippen molar-refractivity contribution in [2.45, 2.75) is 44.6 Å². The molecule has 170 valence electrons. The predicted molar refractivity (Wildman–Crippen MR) is 121 cm³/mol. The van der Waals surface area contributed by atoms with Gasteiger partial charge in [-0.25, -0.2) is 8.42 Å². The highest BCUT2D eigenvalue weighted by molar-refractivity contribution is 7.89. The van der Waals surface area contributed by atoms with Crippen LogP contribution < -0.4 is 14.8 Å². The fourth-order valence-electron chi connectivity index (χ4n) is 3.05. The van der Waals surface area contributed by atoms with Gasteiger partial charge in [0.25, 0.3) is 0 Å². The minimum Gasteiger partial charge on any atom is -0.494 e. The first-order valence-corrected chi connectivity index (χ1v) is 12.0. The van der Waals surface area contributed by atoms with Crippen molar-refractivity contribution >= 4 is 15.9 Å². The van der Waals surface area contributed by atoms with Crippen molar-refractivity contribution in [2.24, 2.45) is 0 Å². The van der Waals surface area contributed by atoms with Crippen LogP contribution in [0.4, 0.5) is 0 Å². The zero-order valence-corrected chi connectivity index (χ0v) is 19.2. The molecule has 1 atom stereocenters. The first-order chi connectivity index (χ1) is 14.9. The maximum absolute atomic E-state index is 13.0. The summed E-state index contributed by atoms with van der Waals surface area (Å²) in [5, 5.41) is 2.81. The molecule has 31 heavy (non-hydrogen) atoms. The van der Waals surface area contributed by atoms with E-state index >= 15 is 0 Å². The molecule has 0 saturated heterocycles. The molecule has 0 aliphatic carbocycles. The monoisotopic (exact) mass is 448 g/mol. The van der Waals surface area contributed by atoms with Crippen LogP contribution in [0.25, 0.3) is 0 Å². The van der Waals surface area contributed by atoms with Crippen molar-refractivity contribution in [1.29, 1.82) is 0 Å². The topological polar surface area (TPSA) is 93.7 Å². The Bertz CT molecular complexity index is 932. The molecule has 8 heteroatoms. The number of nitrogens with one attached hydrogen (secondary N) is 2. The van der Waals surface area contributed by atoms with Gasteiger partial charge in [0.05, 0.1) is 11.5 Å². The Labute approximate surface area is 185 Å². The van der Waals surface area contributed by atoms with Crippen LogP contribution in [0.2, 0.25) is 0 Å². The molecule has 0 bridgehead atoms. The molecule has 0 aliphatic rings. The Hall–Kier alpha value is -2.42. The molecule has 2 N–H and O–H groups in total. The molecule has 0 radical (unpaired) electrons. The summed E-state index contributed by atoms with van der Waals surface area (Å²) in [6, 6.07) is 13.0. The third kappa shape index (κ3) is 7.97. The maximum Gasteiger partial charge on any atom is 0.241 e. The largest absolute Gasteiger partial charge is 0.494 e. The molecule has 0 unspecified atom stereocenters. The zero-order chi connectivity index (χ0) is 22.7. The molecule has 0 heterocycles. The second-order valence-electron chi connectivity index (χ2n) is 7.07. The number of benzene rings is 2. The Balaban J connectivity index is 2.16. The average Bonchev–Trinajstić information content (AvgIpc) is 2.75. The summed E-state index contributed by atoms with van der Waals surface area (Å²) in [6.45, 7) is 7.63. The molecule has 7 nitrogen and oxygen atoms in total. The molecular weight excluding hydrogens is 416 g/mol. The van der Waals surface area contributed by atoms with Gasteiger partial charge in [0, 0.05) is 19.8 Å². The third-order valence-corrected chi connectivity index (χ3v) is 6.09. The van der Waals surface area contributed by atoms with E-state index in [1.54, 1.807) is 19.1 Å². The van der Waals surface area contributed by atoms with Gasteiger partial charge >= 0.3 is 0 Å². The van der Waals surface area contributed by atoms with E-state index in [4.69, 9.17) is 9.47 Å². The number of rotatable bonds is 13. The van der Waals surface area contributed by atoms with Crippen molar-refractivity contribution in [3.63, 3.8) is 0 Å². The van der Waals surface area contributed by atoms with Crippen LogP contribution in [0.1, 0.15) is 31.4 Å². The Morgan fingerprint density at radius 1 is 1.06 bits per heavy atom. The van der Waals surface area contributed by atoms with E-state index in [0.29, 0.717) is 44.1 Å². The number of sulfonamides is 1. The molecule has 1 amide bonds. The number of ether oxygens (including phenoxy) is 2. The number of amides is 1. The van der Waals surface area contributed by atoms with Crippen molar-refractivity contribution in [3.05, 3.63) is 59.7 Å². The lowest BCUT2D eigenvalue weighted by atomic mass is 10.1. The van der Waals surface area contributed by atoms with Crippen LogP contribution in [0.15, 0.2) is 53.4 Å². The summed E-state index contributed by atoms with van der Waals surface area (Å²) >= 11 is 0. The summed E-state index contributed by atoms with van der Waals surface area (Å²) in [4.78, 5) is 12.9. The molecule has 2 rings (SSSR count). The van der Waals surface area contributed by atoms with Crippen molar-refractivity contribution < 1.29 is 22.7 Å². The van der Waals surface area contributed by atoms with Gasteiger partial charge < -0.3 is 14.8 Å². The molecule has 2 aromatic carbocycles. The van der Waals surface area contributed by atoms with Crippen molar-refractivity contribution in [1.82, 2.24) is 10.0 Å². The first-order valence-electron chi connectivity index (χ1n) is 10.5. The summed E-state index contributed by atoms with van der Waals surface area (Å²) < 4.78 is 39.4. The van der Waals surface area contributed by atoms with Gasteiger partial charge in [-0.2, -0.15) is 4.72 Å². The second kappa shape index (κ2) is 12.4. The molecule has 0 saturated carbocycles. The Morgan fingerprint density at radius 2 is 1.81 bits per heavy atom. The minimum atomic E-state index is -3.91. The van der Waals surface area contributed by atoms with Crippen LogP contribution in [-0.4, -0.2) is 46.7 Å². The quantitative estimate of drug-likeness (QED) is 0.460. The Morgan fingerprint density at radius 3 is 2.45 bits per heavy atom. The van der Waals surface area contributed by atoms with E-state index in [-0.39, 0.29) is 17.2 Å². The van der Waals surface area contributed by atoms with E-state index in [1.165, 1.54) is 6.07 Å². The van der Waals surface area contributed by atoms with E-state index < -0.39 is 16.1 Å². The minimum absolute atomic E-state index is 0.0932. The lowest BCUT2D eigenvalue weighted by Gasteiger charge is -2.19. The summed E-state index contributed by atoms with van der Waals surface area (Å²) in [5.74, 6) is 0.265. The highest BCUT2D eigenvalue weighted by Gasteiger charge is 2.26. The smallest absolute Gasteiger partial charge is 0.241 e. The maximum atomic E-state index is 13.0. The van der Waals surface area contributed by atoms with Crippen LogP contribution in [0.3, 0.4) is 0 Å². The highest BCUT2D eigenvalue weighted by atomic mass is 32.2. The lowest BCUT2D eigenvalue weighted by Crippen LogP contribution is -2.48. The van der Waals surface area contributed by atoms with Gasteiger partial charge in [0.2, 0.25) is 15.9 Å². The SMILES string of the molecule is CCOCCCNC(=O)[C@@H](Cc1ccccc1)NS(=O)(=O)c1ccc(OCC)c(C)c1. The number of carbonyl (C=O) groups is 1. The zero-order valence-electron chi connectivity index (χ0n) is 18.4. The van der Waals surface area contributed by atoms with Crippen molar-refractivity contribution in [3.8, 4) is 5.75 Å². The Kier molecular flexibility index (Phi) is 9.97. The van der Waals surface area contributed by atoms with E-state index in [0.717, 1.165) is 5.56 Å². The first kappa shape index (κ1) is 24.8. The molecule has 0 aromatic heterocycles. The predicted octanol–water partition coefficient (Wildman–Crippen LogP) is 2.83. The fourth-order valence-corrected chi connectivity index (χ4v) is 4.33. The highest BCUT2D eigenvalue weighted by Crippen LogP contribution is 2.22. The average molecular weight is 449 g/mol. The van der Waals surface area contributed by atoms with Gasteiger partial charge in [0.1, 0.15) is 11.8 Å². The van der Waals surface area contributed by atoms with E-state index in [1.807, 2.05) is 44.2 Å². The molecule has 0 spiro atoms. The lowest BCUT2D eigenvalue weighted by molar-refractivity contribution is -0.122. The van der Waals surface area contributed by atoms with Gasteiger partial charge in [-0.3, -0.25) is 4.79 Å². The number of aryl methyl sites for hydroxylation is 1. The van der Waals surface area contributed by atoms with Gasteiger partial charge in [-0.15, -0.1) is 0 Å². The van der Waals surface area contributed by atoms with Gasteiger partial charge in [-0.05, 0) is 62.9 Å². The molecular formula is C23H32N2O5S. The number of hydrogen-bond acceptors (Lipinski definition) is 5. The van der Waals surface area contributed by atoms with Crippen LogP contribution >= 0.6 is 0 Å². The van der Waals surface area contributed by atoms with Gasteiger partial charge in [0.15, 0.2) is 0 Å². The third-order valence-electron chi connectivity index (χ3n) is 4.62.